The lowest BCUT2D eigenvalue weighted by atomic mass is 10.0. The molecule has 4 aromatic rings. The Bertz CT molecular complexity index is 1520. The van der Waals surface area contributed by atoms with E-state index >= 15 is 0 Å². The maximum Gasteiger partial charge on any atom is 0.524 e. The third-order valence-electron chi connectivity index (χ3n) is 6.19. The lowest BCUT2D eigenvalue weighted by Crippen LogP contribution is -2.29. The van der Waals surface area contributed by atoms with Crippen molar-refractivity contribution in [1.82, 2.24) is 14.8 Å². The summed E-state index contributed by atoms with van der Waals surface area (Å²) in [6.45, 7) is 1.80. The molecule has 0 aliphatic carbocycles. The number of anilines is 1. The van der Waals surface area contributed by atoms with Crippen LogP contribution in [0.1, 0.15) is 36.4 Å². The number of phosphoric acid groups is 1. The molecule has 0 radical (unpaired) electrons. The summed E-state index contributed by atoms with van der Waals surface area (Å²) in [6, 6.07) is 13.1. The molecule has 0 spiro atoms. The van der Waals surface area contributed by atoms with Crippen molar-refractivity contribution in [3.8, 4) is 5.75 Å². The van der Waals surface area contributed by atoms with Crippen molar-refractivity contribution < 1.29 is 38.2 Å². The van der Waals surface area contributed by atoms with E-state index in [2.05, 4.69) is 19.9 Å². The van der Waals surface area contributed by atoms with Crippen molar-refractivity contribution in [1.29, 1.82) is 0 Å². The second-order valence-electron chi connectivity index (χ2n) is 8.79. The summed E-state index contributed by atoms with van der Waals surface area (Å²) in [5.74, 6) is -0.434. The average molecular weight is 565 g/mol. The minimum atomic E-state index is -4.73. The van der Waals surface area contributed by atoms with Gasteiger partial charge in [0, 0.05) is 5.56 Å². The van der Waals surface area contributed by atoms with Crippen LogP contribution in [0.5, 0.6) is 5.75 Å². The van der Waals surface area contributed by atoms with Crippen LogP contribution in [0, 0.1) is 5.82 Å². The summed E-state index contributed by atoms with van der Waals surface area (Å²) in [5.41, 5.74) is 1.69. The van der Waals surface area contributed by atoms with Gasteiger partial charge in [-0.3, -0.25) is 9.79 Å². The van der Waals surface area contributed by atoms with Crippen LogP contribution in [-0.2, 0) is 9.30 Å². The number of rotatable bonds is 7. The van der Waals surface area contributed by atoms with E-state index in [-0.39, 0.29) is 22.4 Å². The molecule has 1 aliphatic rings. The van der Waals surface area contributed by atoms with Crippen LogP contribution in [-0.4, -0.2) is 47.0 Å². The zero-order valence-corrected chi connectivity index (χ0v) is 21.4. The molecule has 5 rings (SSSR count). The normalized spacial score (nSPS) is 22.5. The summed E-state index contributed by atoms with van der Waals surface area (Å²) in [7, 11) is -4.73. The Labute approximate surface area is 220 Å². The van der Waals surface area contributed by atoms with E-state index in [4.69, 9.17) is 26.1 Å². The molecule has 200 valence electrons. The van der Waals surface area contributed by atoms with Gasteiger partial charge >= 0.3 is 7.82 Å². The van der Waals surface area contributed by atoms with E-state index in [0.717, 1.165) is 0 Å². The Morgan fingerprint density at radius 2 is 1.87 bits per heavy atom. The summed E-state index contributed by atoms with van der Waals surface area (Å²) in [5, 5.41) is 29.7. The number of hydrogen-bond donors (Lipinski definition) is 5. The number of phosphoric ester groups is 1. The molecule has 14 heteroatoms. The van der Waals surface area contributed by atoms with Gasteiger partial charge in [0.05, 0.1) is 23.3 Å². The topological polar surface area (TPSA) is 159 Å². The van der Waals surface area contributed by atoms with Gasteiger partial charge in [-0.05, 0) is 36.8 Å². The molecule has 11 nitrogen and oxygen atoms in total. The number of fused-ring (bicyclic) bond motifs is 1. The molecular weight excluding hydrogens is 542 g/mol. The Balaban J connectivity index is 1.42. The first-order valence-electron chi connectivity index (χ1n) is 11.4. The van der Waals surface area contributed by atoms with Gasteiger partial charge in [-0.25, -0.2) is 18.6 Å². The lowest BCUT2D eigenvalue weighted by molar-refractivity contribution is -0.0428. The first-order valence-corrected chi connectivity index (χ1v) is 13.3. The van der Waals surface area contributed by atoms with Crippen molar-refractivity contribution in [2.45, 2.75) is 37.5 Å². The highest BCUT2D eigenvalue weighted by molar-refractivity contribution is 7.46. The first-order chi connectivity index (χ1) is 18.0. The Kier molecular flexibility index (Phi) is 7.14. The molecule has 2 aromatic heterocycles. The van der Waals surface area contributed by atoms with E-state index in [0.29, 0.717) is 22.2 Å². The van der Waals surface area contributed by atoms with E-state index in [1.54, 1.807) is 31.2 Å². The number of ether oxygens (including phenoxy) is 1. The first kappa shape index (κ1) is 26.5. The van der Waals surface area contributed by atoms with Crippen LogP contribution in [0.3, 0.4) is 0 Å². The second kappa shape index (κ2) is 10.2. The molecule has 3 heterocycles. The highest BCUT2D eigenvalue weighted by Crippen LogP contribution is 2.42. The minimum Gasteiger partial charge on any atom is -0.404 e. The van der Waals surface area contributed by atoms with Crippen molar-refractivity contribution in [3.05, 3.63) is 82.9 Å². The van der Waals surface area contributed by atoms with Gasteiger partial charge in [0.2, 0.25) is 0 Å². The fourth-order valence-corrected chi connectivity index (χ4v) is 5.01. The SMILES string of the molecule is C[C@H](Nc1cc(Cl)nc2c1cnn2[C@@H]1O[C@H](c2ccc(OP(=O)(O)O)cc2)[C@@H](O)[C@H]1O)c1ccccc1F. The second-order valence-corrected chi connectivity index (χ2v) is 10.3. The molecule has 0 saturated carbocycles. The average Bonchev–Trinajstić information content (AvgIpc) is 3.39. The number of halogens is 2. The molecule has 0 bridgehead atoms. The van der Waals surface area contributed by atoms with Crippen LogP contribution in [0.2, 0.25) is 5.15 Å². The van der Waals surface area contributed by atoms with Crippen LogP contribution in [0.15, 0.2) is 60.8 Å². The van der Waals surface area contributed by atoms with Crippen LogP contribution in [0.25, 0.3) is 11.0 Å². The molecule has 5 atom stereocenters. The van der Waals surface area contributed by atoms with Crippen LogP contribution < -0.4 is 9.84 Å². The predicted octanol–water partition coefficient (Wildman–Crippen LogP) is 3.86. The highest BCUT2D eigenvalue weighted by Gasteiger charge is 2.45. The molecule has 1 aliphatic heterocycles. The number of nitrogens with one attached hydrogen (secondary N) is 1. The number of pyridine rings is 1. The molecule has 38 heavy (non-hydrogen) atoms. The number of aliphatic hydroxyl groups is 2. The monoisotopic (exact) mass is 564 g/mol. The van der Waals surface area contributed by atoms with Crippen molar-refractivity contribution in [3.63, 3.8) is 0 Å². The van der Waals surface area contributed by atoms with Gasteiger partial charge in [0.1, 0.15) is 35.0 Å². The number of hydrogen-bond acceptors (Lipinski definition) is 8. The van der Waals surface area contributed by atoms with E-state index in [9.17, 15) is 19.2 Å². The summed E-state index contributed by atoms with van der Waals surface area (Å²) < 4.78 is 37.1. The number of nitrogens with zero attached hydrogens (tertiary/aromatic N) is 3. The smallest absolute Gasteiger partial charge is 0.404 e. The quantitative estimate of drug-likeness (QED) is 0.165. The fraction of sp³-hybridized carbons (Fsp3) is 0.250. The van der Waals surface area contributed by atoms with Gasteiger partial charge in [-0.1, -0.05) is 41.9 Å². The van der Waals surface area contributed by atoms with E-state index < -0.39 is 38.4 Å². The van der Waals surface area contributed by atoms with Gasteiger partial charge in [-0.2, -0.15) is 5.10 Å². The number of benzene rings is 2. The molecular formula is C24H23ClFN4O7P. The molecule has 0 unspecified atom stereocenters. The van der Waals surface area contributed by atoms with Gasteiger partial charge < -0.3 is 24.8 Å². The Morgan fingerprint density at radius 1 is 1.16 bits per heavy atom. The largest absolute Gasteiger partial charge is 0.524 e. The van der Waals surface area contributed by atoms with Gasteiger partial charge in [0.15, 0.2) is 11.9 Å². The third-order valence-corrected chi connectivity index (χ3v) is 6.83. The van der Waals surface area contributed by atoms with Crippen molar-refractivity contribution >= 4 is 36.1 Å². The number of aromatic nitrogens is 3. The third kappa shape index (κ3) is 5.25. The van der Waals surface area contributed by atoms with Crippen molar-refractivity contribution in [2.24, 2.45) is 0 Å². The number of aliphatic hydroxyl groups excluding tert-OH is 2. The predicted molar refractivity (Wildman–Crippen MR) is 135 cm³/mol. The van der Waals surface area contributed by atoms with Crippen LogP contribution in [0.4, 0.5) is 10.1 Å². The fourth-order valence-electron chi connectivity index (χ4n) is 4.42. The van der Waals surface area contributed by atoms with Gasteiger partial charge in [-0.15, -0.1) is 0 Å². The molecule has 1 fully saturated rings. The van der Waals surface area contributed by atoms with E-state index in [1.165, 1.54) is 41.2 Å². The zero-order chi connectivity index (χ0) is 27.2. The minimum absolute atomic E-state index is 0.0757. The Hall–Kier alpha value is -3.09. The summed E-state index contributed by atoms with van der Waals surface area (Å²) >= 11 is 6.28. The summed E-state index contributed by atoms with van der Waals surface area (Å²) in [4.78, 5) is 22.2. The standard InChI is InChI=1S/C24H23ClFN4O7P/c1-12(15-4-2-3-5-17(15)26)28-18-10-19(25)29-23-16(18)11-27-30(23)24-21(32)20(31)22(36-24)13-6-8-14(9-7-13)37-38(33,34)35/h2-12,20-22,24,31-32H,1H3,(H,28,29)(H2,33,34,35)/t12-,20-,21+,22+,24+/m0/s1. The van der Waals surface area contributed by atoms with Gasteiger partial charge in [0.25, 0.3) is 0 Å². The lowest BCUT2D eigenvalue weighted by Gasteiger charge is -2.18. The van der Waals surface area contributed by atoms with Crippen LogP contribution >= 0.6 is 19.4 Å². The van der Waals surface area contributed by atoms with E-state index in [1.807, 2.05) is 0 Å². The summed E-state index contributed by atoms with van der Waals surface area (Å²) in [6.07, 6.45) is -3.38. The highest BCUT2D eigenvalue weighted by atomic mass is 35.5. The Morgan fingerprint density at radius 3 is 2.55 bits per heavy atom. The van der Waals surface area contributed by atoms with Crippen molar-refractivity contribution in [2.75, 3.05) is 5.32 Å². The molecule has 2 aromatic carbocycles. The molecule has 5 N–H and O–H groups in total. The zero-order valence-electron chi connectivity index (χ0n) is 19.7. The maximum absolute atomic E-state index is 14.3. The molecule has 1 saturated heterocycles. The molecule has 0 amide bonds. The maximum atomic E-state index is 14.3.